The molecular formula is C15H23N3O3. The van der Waals surface area contributed by atoms with Crippen LogP contribution < -0.4 is 15.0 Å². The molecule has 1 N–H and O–H groups in total. The van der Waals surface area contributed by atoms with Crippen LogP contribution in [0.4, 0.5) is 5.82 Å². The first-order valence-corrected chi connectivity index (χ1v) is 7.49. The van der Waals surface area contributed by atoms with Crippen LogP contribution in [-0.4, -0.2) is 49.8 Å². The minimum Gasteiger partial charge on any atom is -0.490 e. The maximum Gasteiger partial charge on any atom is 0.330 e. The lowest BCUT2D eigenvalue weighted by atomic mass is 10.2. The third kappa shape index (κ3) is 3.85. The predicted octanol–water partition coefficient (Wildman–Crippen LogP) is 1.21. The topological polar surface area (TPSA) is 63.7 Å². The van der Waals surface area contributed by atoms with Crippen LogP contribution in [0.2, 0.25) is 0 Å². The minimum absolute atomic E-state index is 0.225. The molecule has 1 aliphatic rings. The van der Waals surface area contributed by atoms with Crippen LogP contribution in [0.1, 0.15) is 20.3 Å². The molecule has 6 heteroatoms. The van der Waals surface area contributed by atoms with E-state index in [1.54, 1.807) is 6.20 Å². The molecule has 0 saturated carbocycles. The zero-order valence-electron chi connectivity index (χ0n) is 12.7. The van der Waals surface area contributed by atoms with Gasteiger partial charge in [-0.1, -0.05) is 6.92 Å². The molecule has 1 aromatic rings. The van der Waals surface area contributed by atoms with Crippen LogP contribution in [0.25, 0.3) is 0 Å². The minimum atomic E-state index is -0.363. The molecule has 0 aliphatic carbocycles. The second kappa shape index (κ2) is 7.83. The molecule has 1 fully saturated rings. The second-order valence-electron chi connectivity index (χ2n) is 4.84. The fourth-order valence-corrected chi connectivity index (χ4v) is 2.33. The zero-order valence-corrected chi connectivity index (χ0v) is 12.7. The maximum absolute atomic E-state index is 12.1. The summed E-state index contributed by atoms with van der Waals surface area (Å²) < 4.78 is 10.9. The molecule has 0 aromatic carbocycles. The van der Waals surface area contributed by atoms with E-state index >= 15 is 0 Å². The number of ether oxygens (including phenoxy) is 2. The van der Waals surface area contributed by atoms with E-state index in [2.05, 4.69) is 17.2 Å². The molecule has 1 aliphatic heterocycles. The van der Waals surface area contributed by atoms with Crippen molar-refractivity contribution >= 4 is 11.8 Å². The van der Waals surface area contributed by atoms with Gasteiger partial charge in [-0.05, 0) is 25.5 Å². The molecule has 21 heavy (non-hydrogen) atoms. The van der Waals surface area contributed by atoms with Gasteiger partial charge in [0.1, 0.15) is 6.04 Å². The number of carbonyl (C=O) groups is 1. The third-order valence-electron chi connectivity index (χ3n) is 3.29. The summed E-state index contributed by atoms with van der Waals surface area (Å²) >= 11 is 0. The summed E-state index contributed by atoms with van der Waals surface area (Å²) in [5.41, 5.74) is 0. The highest BCUT2D eigenvalue weighted by Crippen LogP contribution is 2.28. The van der Waals surface area contributed by atoms with Crippen LogP contribution in [-0.2, 0) is 9.53 Å². The molecule has 2 rings (SSSR count). The Kier molecular flexibility index (Phi) is 5.80. The largest absolute Gasteiger partial charge is 0.490 e. The van der Waals surface area contributed by atoms with Crippen molar-refractivity contribution < 1.29 is 14.3 Å². The summed E-state index contributed by atoms with van der Waals surface area (Å²) in [4.78, 5) is 18.5. The van der Waals surface area contributed by atoms with Crippen LogP contribution in [0.5, 0.6) is 5.75 Å². The van der Waals surface area contributed by atoms with Gasteiger partial charge in [-0.2, -0.15) is 0 Å². The number of anilines is 1. The number of rotatable bonds is 6. The quantitative estimate of drug-likeness (QED) is 0.796. The van der Waals surface area contributed by atoms with Gasteiger partial charge in [-0.15, -0.1) is 0 Å². The average Bonchev–Trinajstić information content (AvgIpc) is 2.53. The number of hydrogen-bond acceptors (Lipinski definition) is 6. The van der Waals surface area contributed by atoms with Crippen molar-refractivity contribution in [2.45, 2.75) is 26.3 Å². The van der Waals surface area contributed by atoms with E-state index in [0.717, 1.165) is 18.7 Å². The van der Waals surface area contributed by atoms with Crippen LogP contribution in [0, 0.1) is 0 Å². The van der Waals surface area contributed by atoms with E-state index in [-0.39, 0.29) is 12.0 Å². The molecule has 116 valence electrons. The molecule has 0 amide bonds. The van der Waals surface area contributed by atoms with Crippen molar-refractivity contribution in [3.8, 4) is 5.75 Å². The van der Waals surface area contributed by atoms with Gasteiger partial charge in [0, 0.05) is 25.8 Å². The number of hydrogen-bond donors (Lipinski definition) is 1. The normalized spacial score (nSPS) is 18.4. The summed E-state index contributed by atoms with van der Waals surface area (Å²) in [6, 6.07) is 3.37. The summed E-state index contributed by atoms with van der Waals surface area (Å²) in [5.74, 6) is 1.21. The smallest absolute Gasteiger partial charge is 0.330 e. The Morgan fingerprint density at radius 3 is 3.14 bits per heavy atom. The number of piperazine rings is 1. The van der Waals surface area contributed by atoms with Crippen LogP contribution in [0.15, 0.2) is 18.3 Å². The highest BCUT2D eigenvalue weighted by molar-refractivity contribution is 5.81. The first-order chi connectivity index (χ1) is 10.3. The maximum atomic E-state index is 12.1. The van der Waals surface area contributed by atoms with Crippen LogP contribution in [0.3, 0.4) is 0 Å². The molecule has 1 unspecified atom stereocenters. The van der Waals surface area contributed by atoms with E-state index in [1.165, 1.54) is 0 Å². The lowest BCUT2D eigenvalue weighted by molar-refractivity contribution is -0.144. The highest BCUT2D eigenvalue weighted by Gasteiger charge is 2.32. The van der Waals surface area contributed by atoms with Gasteiger partial charge in [0.05, 0.1) is 13.2 Å². The molecule has 0 radical (unpaired) electrons. The zero-order chi connectivity index (χ0) is 15.1. The van der Waals surface area contributed by atoms with Gasteiger partial charge in [0.15, 0.2) is 11.6 Å². The molecule has 6 nitrogen and oxygen atoms in total. The SMILES string of the molecule is CCCOc1cccnc1N1CCNCC1C(=O)OCC. The number of aromatic nitrogens is 1. The highest BCUT2D eigenvalue weighted by atomic mass is 16.5. The number of nitrogens with one attached hydrogen (secondary N) is 1. The van der Waals surface area contributed by atoms with E-state index < -0.39 is 0 Å². The summed E-state index contributed by atoms with van der Waals surface area (Å²) in [6.07, 6.45) is 2.65. The Morgan fingerprint density at radius 1 is 1.52 bits per heavy atom. The Labute approximate surface area is 125 Å². The van der Waals surface area contributed by atoms with Gasteiger partial charge in [-0.25, -0.2) is 9.78 Å². The lowest BCUT2D eigenvalue weighted by Crippen LogP contribution is -2.56. The molecule has 2 heterocycles. The fourth-order valence-electron chi connectivity index (χ4n) is 2.33. The molecule has 1 saturated heterocycles. The van der Waals surface area contributed by atoms with Crippen molar-refractivity contribution in [1.82, 2.24) is 10.3 Å². The second-order valence-corrected chi connectivity index (χ2v) is 4.84. The van der Waals surface area contributed by atoms with Gasteiger partial charge in [-0.3, -0.25) is 0 Å². The fraction of sp³-hybridized carbons (Fsp3) is 0.600. The van der Waals surface area contributed by atoms with Crippen molar-refractivity contribution in [2.75, 3.05) is 37.7 Å². The van der Waals surface area contributed by atoms with Crippen molar-refractivity contribution in [3.63, 3.8) is 0 Å². The molecule has 0 bridgehead atoms. The summed E-state index contributed by atoms with van der Waals surface area (Å²) in [7, 11) is 0. The van der Waals surface area contributed by atoms with E-state index in [1.807, 2.05) is 24.0 Å². The summed E-state index contributed by atoms with van der Waals surface area (Å²) in [5, 5.41) is 3.23. The third-order valence-corrected chi connectivity index (χ3v) is 3.29. The molecule has 1 aromatic heterocycles. The van der Waals surface area contributed by atoms with E-state index in [0.29, 0.717) is 32.1 Å². The van der Waals surface area contributed by atoms with Gasteiger partial charge < -0.3 is 19.7 Å². The molecule has 1 atom stereocenters. The van der Waals surface area contributed by atoms with Crippen molar-refractivity contribution in [1.29, 1.82) is 0 Å². The lowest BCUT2D eigenvalue weighted by Gasteiger charge is -2.36. The van der Waals surface area contributed by atoms with Crippen molar-refractivity contribution in [2.24, 2.45) is 0 Å². The molecule has 0 spiro atoms. The standard InChI is InChI=1S/C15H23N3O3/c1-3-10-21-13-6-5-7-17-14(13)18-9-8-16-11-12(18)15(19)20-4-2/h5-7,12,16H,3-4,8-11H2,1-2H3. The average molecular weight is 293 g/mol. The van der Waals surface area contributed by atoms with Crippen LogP contribution >= 0.6 is 0 Å². The Morgan fingerprint density at radius 2 is 2.38 bits per heavy atom. The van der Waals surface area contributed by atoms with Gasteiger partial charge in [0.2, 0.25) is 0 Å². The Bertz CT molecular complexity index is 467. The number of nitrogens with zero attached hydrogens (tertiary/aromatic N) is 2. The van der Waals surface area contributed by atoms with Crippen molar-refractivity contribution in [3.05, 3.63) is 18.3 Å². The van der Waals surface area contributed by atoms with E-state index in [4.69, 9.17) is 9.47 Å². The monoisotopic (exact) mass is 293 g/mol. The first-order valence-electron chi connectivity index (χ1n) is 7.49. The number of carbonyl (C=O) groups excluding carboxylic acids is 1. The number of pyridine rings is 1. The Balaban J connectivity index is 2.22. The predicted molar refractivity (Wildman–Crippen MR) is 80.7 cm³/mol. The molecular weight excluding hydrogens is 270 g/mol. The number of esters is 1. The van der Waals surface area contributed by atoms with E-state index in [9.17, 15) is 4.79 Å². The first kappa shape index (κ1) is 15.6. The summed E-state index contributed by atoms with van der Waals surface area (Å²) in [6.45, 7) is 6.95. The van der Waals surface area contributed by atoms with Gasteiger partial charge >= 0.3 is 5.97 Å². The Hall–Kier alpha value is -1.82. The van der Waals surface area contributed by atoms with Gasteiger partial charge in [0.25, 0.3) is 0 Å².